The van der Waals surface area contributed by atoms with Crippen LogP contribution in [0.25, 0.3) is 10.9 Å². The van der Waals surface area contributed by atoms with Gasteiger partial charge in [0.2, 0.25) is 0 Å². The van der Waals surface area contributed by atoms with Crippen molar-refractivity contribution in [3.8, 4) is 0 Å². The van der Waals surface area contributed by atoms with Gasteiger partial charge in [0.1, 0.15) is 5.82 Å². The van der Waals surface area contributed by atoms with Crippen molar-refractivity contribution in [2.75, 3.05) is 32.0 Å². The molecule has 2 N–H and O–H groups in total. The summed E-state index contributed by atoms with van der Waals surface area (Å²) in [6, 6.07) is 9.71. The van der Waals surface area contributed by atoms with Crippen LogP contribution in [0.3, 0.4) is 0 Å². The predicted octanol–water partition coefficient (Wildman–Crippen LogP) is 3.37. The van der Waals surface area contributed by atoms with Gasteiger partial charge < -0.3 is 15.5 Å². The average molecular weight is 354 g/mol. The second-order valence-corrected chi connectivity index (χ2v) is 7.86. The monoisotopic (exact) mass is 354 g/mol. The van der Waals surface area contributed by atoms with Crippen molar-refractivity contribution in [3.05, 3.63) is 35.9 Å². The molecule has 5 nitrogen and oxygen atoms in total. The van der Waals surface area contributed by atoms with E-state index in [-0.39, 0.29) is 11.9 Å². The maximum Gasteiger partial charge on any atom is 0.252 e. The molecule has 1 aliphatic heterocycles. The summed E-state index contributed by atoms with van der Waals surface area (Å²) in [6.45, 7) is 9.84. The first-order chi connectivity index (χ1) is 12.5. The largest absolute Gasteiger partial charge is 0.373 e. The fraction of sp³-hybridized carbons (Fsp3) is 0.524. The quantitative estimate of drug-likeness (QED) is 0.864. The van der Waals surface area contributed by atoms with Crippen LogP contribution in [-0.4, -0.2) is 48.5 Å². The zero-order valence-electron chi connectivity index (χ0n) is 16.2. The SMILES string of the molecule is CNc1cc(C(=O)N[C@@H](C)CN2C[C@H](C)C[C@H](C)C2)c2ccccc2n1. The van der Waals surface area contributed by atoms with Gasteiger partial charge in [-0.05, 0) is 37.3 Å². The molecule has 2 heterocycles. The number of pyridine rings is 1. The molecule has 0 radical (unpaired) electrons. The second-order valence-electron chi connectivity index (χ2n) is 7.86. The minimum absolute atomic E-state index is 0.0364. The molecule has 1 amide bonds. The number of amides is 1. The van der Waals surface area contributed by atoms with Crippen LogP contribution in [-0.2, 0) is 0 Å². The molecule has 0 spiro atoms. The van der Waals surface area contributed by atoms with Crippen LogP contribution in [0, 0.1) is 11.8 Å². The third kappa shape index (κ3) is 4.33. The van der Waals surface area contributed by atoms with Gasteiger partial charge in [-0.25, -0.2) is 4.98 Å². The van der Waals surface area contributed by atoms with Gasteiger partial charge in [-0.2, -0.15) is 0 Å². The number of carbonyl (C=O) groups excluding carboxylic acids is 1. The topological polar surface area (TPSA) is 57.3 Å². The van der Waals surface area contributed by atoms with Gasteiger partial charge in [0.25, 0.3) is 5.91 Å². The number of hydrogen-bond donors (Lipinski definition) is 2. The molecule has 0 aliphatic carbocycles. The lowest BCUT2D eigenvalue weighted by molar-refractivity contribution is 0.0906. The zero-order chi connectivity index (χ0) is 18.7. The highest BCUT2D eigenvalue weighted by Gasteiger charge is 2.23. The smallest absolute Gasteiger partial charge is 0.252 e. The normalized spacial score (nSPS) is 22.2. The molecule has 140 valence electrons. The molecular weight excluding hydrogens is 324 g/mol. The number of rotatable bonds is 5. The highest BCUT2D eigenvalue weighted by molar-refractivity contribution is 6.07. The summed E-state index contributed by atoms with van der Waals surface area (Å²) in [6.07, 6.45) is 1.30. The fourth-order valence-electron chi connectivity index (χ4n) is 4.17. The Hall–Kier alpha value is -2.14. The number of fused-ring (bicyclic) bond motifs is 1. The first kappa shape index (κ1) is 18.6. The summed E-state index contributed by atoms with van der Waals surface area (Å²) in [7, 11) is 1.82. The van der Waals surface area contributed by atoms with Crippen molar-refractivity contribution in [1.29, 1.82) is 0 Å². The molecule has 3 atom stereocenters. The number of piperidine rings is 1. The second kappa shape index (κ2) is 8.04. The Kier molecular flexibility index (Phi) is 5.77. The zero-order valence-corrected chi connectivity index (χ0v) is 16.2. The molecule has 1 fully saturated rings. The predicted molar refractivity (Wildman–Crippen MR) is 108 cm³/mol. The van der Waals surface area contributed by atoms with Crippen LogP contribution in [0.1, 0.15) is 37.6 Å². The lowest BCUT2D eigenvalue weighted by Crippen LogP contribution is -2.47. The third-order valence-electron chi connectivity index (χ3n) is 5.07. The minimum Gasteiger partial charge on any atom is -0.373 e. The maximum atomic E-state index is 12.9. The van der Waals surface area contributed by atoms with E-state index in [0.717, 1.165) is 42.4 Å². The summed E-state index contributed by atoms with van der Waals surface area (Å²) in [5, 5.41) is 7.11. The van der Waals surface area contributed by atoms with Crippen molar-refractivity contribution in [3.63, 3.8) is 0 Å². The Balaban J connectivity index is 1.72. The van der Waals surface area contributed by atoms with Crippen molar-refractivity contribution in [2.24, 2.45) is 11.8 Å². The van der Waals surface area contributed by atoms with Gasteiger partial charge in [-0.3, -0.25) is 4.79 Å². The van der Waals surface area contributed by atoms with E-state index < -0.39 is 0 Å². The van der Waals surface area contributed by atoms with Gasteiger partial charge in [0.15, 0.2) is 0 Å². The van der Waals surface area contributed by atoms with Crippen LogP contribution in [0.15, 0.2) is 30.3 Å². The van der Waals surface area contributed by atoms with E-state index in [0.29, 0.717) is 11.4 Å². The summed E-state index contributed by atoms with van der Waals surface area (Å²) >= 11 is 0. The van der Waals surface area contributed by atoms with Crippen LogP contribution in [0.5, 0.6) is 0 Å². The summed E-state index contributed by atoms with van der Waals surface area (Å²) in [5.74, 6) is 2.12. The number of nitrogens with zero attached hydrogens (tertiary/aromatic N) is 2. The Bertz CT molecular complexity index is 766. The van der Waals surface area contributed by atoms with Crippen molar-refractivity contribution < 1.29 is 4.79 Å². The van der Waals surface area contributed by atoms with Crippen molar-refractivity contribution >= 4 is 22.6 Å². The molecule has 0 bridgehead atoms. The Morgan fingerprint density at radius 3 is 2.65 bits per heavy atom. The van der Waals surface area contributed by atoms with Gasteiger partial charge >= 0.3 is 0 Å². The third-order valence-corrected chi connectivity index (χ3v) is 5.07. The molecule has 1 aromatic carbocycles. The first-order valence-corrected chi connectivity index (χ1v) is 9.57. The molecule has 0 unspecified atom stereocenters. The molecule has 5 heteroatoms. The average Bonchev–Trinajstić information content (AvgIpc) is 2.59. The van der Waals surface area contributed by atoms with Crippen LogP contribution in [0.4, 0.5) is 5.82 Å². The van der Waals surface area contributed by atoms with E-state index in [1.807, 2.05) is 37.4 Å². The molecule has 1 aliphatic rings. The molecule has 26 heavy (non-hydrogen) atoms. The van der Waals surface area contributed by atoms with E-state index in [1.165, 1.54) is 6.42 Å². The van der Waals surface area contributed by atoms with E-state index in [9.17, 15) is 4.79 Å². The lowest BCUT2D eigenvalue weighted by atomic mass is 9.92. The van der Waals surface area contributed by atoms with Crippen molar-refractivity contribution in [2.45, 2.75) is 33.2 Å². The summed E-state index contributed by atoms with van der Waals surface area (Å²) < 4.78 is 0. The number of hydrogen-bond acceptors (Lipinski definition) is 4. The maximum absolute atomic E-state index is 12.9. The van der Waals surface area contributed by atoms with E-state index in [1.54, 1.807) is 0 Å². The molecule has 2 aromatic rings. The van der Waals surface area contributed by atoms with Crippen LogP contribution >= 0.6 is 0 Å². The number of benzene rings is 1. The van der Waals surface area contributed by atoms with Gasteiger partial charge in [-0.15, -0.1) is 0 Å². The Morgan fingerprint density at radius 1 is 1.27 bits per heavy atom. The van der Waals surface area contributed by atoms with Gasteiger partial charge in [-0.1, -0.05) is 32.0 Å². The Morgan fingerprint density at radius 2 is 1.96 bits per heavy atom. The highest BCUT2D eigenvalue weighted by atomic mass is 16.1. The van der Waals surface area contributed by atoms with Crippen molar-refractivity contribution in [1.82, 2.24) is 15.2 Å². The van der Waals surface area contributed by atoms with Crippen LogP contribution in [0.2, 0.25) is 0 Å². The number of para-hydroxylation sites is 1. The molecular formula is C21H30N4O. The lowest BCUT2D eigenvalue weighted by Gasteiger charge is -2.36. The number of nitrogens with one attached hydrogen (secondary N) is 2. The van der Waals surface area contributed by atoms with Gasteiger partial charge in [0, 0.05) is 38.1 Å². The molecule has 0 saturated carbocycles. The molecule has 1 saturated heterocycles. The minimum atomic E-state index is -0.0364. The highest BCUT2D eigenvalue weighted by Crippen LogP contribution is 2.22. The van der Waals surface area contributed by atoms with E-state index in [2.05, 4.69) is 41.3 Å². The molecule has 3 rings (SSSR count). The standard InChI is InChI=1S/C21H30N4O/c1-14-9-15(2)12-25(11-14)13-16(3)23-21(26)18-10-20(22-4)24-19-8-6-5-7-17(18)19/h5-8,10,14-16H,9,11-13H2,1-4H3,(H,22,24)(H,23,26)/t14-,15+,16-/m0/s1. The van der Waals surface area contributed by atoms with Gasteiger partial charge in [0.05, 0.1) is 11.1 Å². The number of likely N-dealkylation sites (tertiary alicyclic amines) is 1. The fourth-order valence-corrected chi connectivity index (χ4v) is 4.17. The van der Waals surface area contributed by atoms with E-state index in [4.69, 9.17) is 0 Å². The summed E-state index contributed by atoms with van der Waals surface area (Å²) in [5.41, 5.74) is 1.50. The Labute approximate surface area is 156 Å². The summed E-state index contributed by atoms with van der Waals surface area (Å²) in [4.78, 5) is 19.9. The molecule has 1 aromatic heterocycles. The number of anilines is 1. The van der Waals surface area contributed by atoms with E-state index >= 15 is 0 Å². The van der Waals surface area contributed by atoms with Crippen LogP contribution < -0.4 is 10.6 Å². The first-order valence-electron chi connectivity index (χ1n) is 9.57. The number of carbonyl (C=O) groups is 1. The number of aromatic nitrogens is 1.